The van der Waals surface area contributed by atoms with E-state index in [1.165, 1.54) is 0 Å². The van der Waals surface area contributed by atoms with Gasteiger partial charge in [0.05, 0.1) is 17.7 Å². The van der Waals surface area contributed by atoms with Gasteiger partial charge in [0, 0.05) is 17.3 Å². The number of piperazine rings is 1. The number of nitrogens with one attached hydrogen (secondary N) is 1. The normalized spacial score (nSPS) is 17.9. The summed E-state index contributed by atoms with van der Waals surface area (Å²) in [4.78, 5) is 30.0. The van der Waals surface area contributed by atoms with Crippen LogP contribution in [0.5, 0.6) is 0 Å². The molecule has 0 bridgehead atoms. The second-order valence-corrected chi connectivity index (χ2v) is 5.60. The fourth-order valence-corrected chi connectivity index (χ4v) is 2.57. The van der Waals surface area contributed by atoms with E-state index in [4.69, 9.17) is 5.73 Å². The second kappa shape index (κ2) is 4.44. The number of imide groups is 1. The van der Waals surface area contributed by atoms with E-state index in [9.17, 15) is 9.59 Å². The molecule has 1 aromatic heterocycles. The third kappa shape index (κ3) is 1.99. The molecule has 0 aliphatic carbocycles. The Labute approximate surface area is 121 Å². The van der Waals surface area contributed by atoms with Gasteiger partial charge < -0.3 is 10.6 Å². The number of benzene rings is 1. The van der Waals surface area contributed by atoms with Crippen molar-refractivity contribution < 1.29 is 9.59 Å². The van der Waals surface area contributed by atoms with Crippen LogP contribution in [0.2, 0.25) is 0 Å². The van der Waals surface area contributed by atoms with Crippen LogP contribution in [0.4, 0.5) is 11.4 Å². The maximum absolute atomic E-state index is 12.1. The van der Waals surface area contributed by atoms with E-state index >= 15 is 0 Å². The second-order valence-electron chi connectivity index (χ2n) is 5.60. The third-order valence-electron chi connectivity index (χ3n) is 3.86. The summed E-state index contributed by atoms with van der Waals surface area (Å²) in [5.74, 6) is -0.639. The summed E-state index contributed by atoms with van der Waals surface area (Å²) in [7, 11) is 0. The SMILES string of the molecule is CC1(C)C(=O)NC(=O)CN1c1ccc(N)c2cccnc12. The van der Waals surface area contributed by atoms with Crippen LogP contribution in [0.15, 0.2) is 30.5 Å². The number of hydrogen-bond acceptors (Lipinski definition) is 5. The smallest absolute Gasteiger partial charge is 0.251 e. The molecular weight excluding hydrogens is 268 g/mol. The van der Waals surface area contributed by atoms with Crippen molar-refractivity contribution in [2.24, 2.45) is 0 Å². The average Bonchev–Trinajstić information content (AvgIpc) is 2.44. The first-order chi connectivity index (χ1) is 9.91. The molecule has 0 saturated carbocycles. The minimum absolute atomic E-state index is 0.105. The molecule has 6 heteroatoms. The van der Waals surface area contributed by atoms with Crippen molar-refractivity contribution in [1.29, 1.82) is 0 Å². The van der Waals surface area contributed by atoms with Gasteiger partial charge in [0.15, 0.2) is 0 Å². The lowest BCUT2D eigenvalue weighted by Gasteiger charge is -2.42. The number of nitrogens with two attached hydrogens (primary N) is 1. The molecule has 0 unspecified atom stereocenters. The lowest BCUT2D eigenvalue weighted by molar-refractivity contribution is -0.135. The zero-order chi connectivity index (χ0) is 15.2. The summed E-state index contributed by atoms with van der Waals surface area (Å²) in [6, 6.07) is 7.26. The first-order valence-corrected chi connectivity index (χ1v) is 6.66. The number of amides is 2. The monoisotopic (exact) mass is 284 g/mol. The van der Waals surface area contributed by atoms with Crippen molar-refractivity contribution in [3.05, 3.63) is 30.5 Å². The van der Waals surface area contributed by atoms with Crippen LogP contribution in [0.3, 0.4) is 0 Å². The molecule has 1 fully saturated rings. The Balaban J connectivity index is 2.22. The quantitative estimate of drug-likeness (QED) is 0.604. The average molecular weight is 284 g/mol. The Bertz CT molecular complexity index is 754. The topological polar surface area (TPSA) is 88.3 Å². The number of anilines is 2. The number of carbonyl (C=O) groups excluding carboxylic acids is 2. The van der Waals surface area contributed by atoms with E-state index in [1.807, 2.05) is 12.1 Å². The van der Waals surface area contributed by atoms with Gasteiger partial charge in [-0.25, -0.2) is 0 Å². The molecule has 0 radical (unpaired) electrons. The highest BCUT2D eigenvalue weighted by Gasteiger charge is 2.41. The predicted octanol–water partition coefficient (Wildman–Crippen LogP) is 1.06. The van der Waals surface area contributed by atoms with Gasteiger partial charge in [0.2, 0.25) is 5.91 Å². The molecule has 1 aliphatic heterocycles. The highest BCUT2D eigenvalue weighted by atomic mass is 16.2. The molecule has 1 aromatic carbocycles. The predicted molar refractivity (Wildman–Crippen MR) is 80.7 cm³/mol. The molecule has 0 spiro atoms. The van der Waals surface area contributed by atoms with Gasteiger partial charge in [-0.15, -0.1) is 0 Å². The Morgan fingerprint density at radius 2 is 2.05 bits per heavy atom. The number of nitrogen functional groups attached to an aromatic ring is 1. The molecule has 108 valence electrons. The van der Waals surface area contributed by atoms with Crippen molar-refractivity contribution in [2.45, 2.75) is 19.4 Å². The van der Waals surface area contributed by atoms with Gasteiger partial charge in [0.25, 0.3) is 5.91 Å². The first-order valence-electron chi connectivity index (χ1n) is 6.66. The number of nitrogens with zero attached hydrogens (tertiary/aromatic N) is 2. The molecule has 6 nitrogen and oxygen atoms in total. The van der Waals surface area contributed by atoms with E-state index < -0.39 is 5.54 Å². The Morgan fingerprint density at radius 3 is 2.81 bits per heavy atom. The van der Waals surface area contributed by atoms with Crippen LogP contribution >= 0.6 is 0 Å². The van der Waals surface area contributed by atoms with Crippen molar-refractivity contribution in [1.82, 2.24) is 10.3 Å². The van der Waals surface area contributed by atoms with Crippen molar-refractivity contribution in [3.8, 4) is 0 Å². The maximum atomic E-state index is 12.1. The first kappa shape index (κ1) is 13.4. The van der Waals surface area contributed by atoms with Crippen LogP contribution < -0.4 is 16.0 Å². The number of fused-ring (bicyclic) bond motifs is 1. The van der Waals surface area contributed by atoms with E-state index in [2.05, 4.69) is 10.3 Å². The van der Waals surface area contributed by atoms with E-state index in [1.54, 1.807) is 37.1 Å². The minimum Gasteiger partial charge on any atom is -0.398 e. The van der Waals surface area contributed by atoms with Crippen LogP contribution in [0.1, 0.15) is 13.8 Å². The Morgan fingerprint density at radius 1 is 1.29 bits per heavy atom. The standard InChI is InChI=1S/C15H16N4O2/c1-15(2)14(21)18-12(20)8-19(15)11-6-5-10(16)9-4-3-7-17-13(9)11/h3-7H,8,16H2,1-2H3,(H,18,20,21). The fraction of sp³-hybridized carbons (Fsp3) is 0.267. The Hall–Kier alpha value is -2.63. The summed E-state index contributed by atoms with van der Waals surface area (Å²) in [6.07, 6.45) is 1.67. The van der Waals surface area contributed by atoms with Crippen LogP contribution in [-0.2, 0) is 9.59 Å². The van der Waals surface area contributed by atoms with E-state index in [0.29, 0.717) is 11.2 Å². The summed E-state index contributed by atoms with van der Waals surface area (Å²) in [5.41, 5.74) is 7.17. The van der Waals surface area contributed by atoms with Crippen LogP contribution in [0, 0.1) is 0 Å². The maximum Gasteiger partial charge on any atom is 0.251 e. The summed E-state index contributed by atoms with van der Waals surface area (Å²) in [5, 5.41) is 3.17. The fourth-order valence-electron chi connectivity index (χ4n) is 2.57. The number of aromatic nitrogens is 1. The molecule has 3 N–H and O–H groups in total. The number of hydrogen-bond donors (Lipinski definition) is 2. The molecule has 1 aliphatic rings. The highest BCUT2D eigenvalue weighted by Crippen LogP contribution is 2.34. The van der Waals surface area contributed by atoms with Crippen LogP contribution in [0.25, 0.3) is 10.9 Å². The third-order valence-corrected chi connectivity index (χ3v) is 3.86. The van der Waals surface area contributed by atoms with E-state index in [-0.39, 0.29) is 18.4 Å². The van der Waals surface area contributed by atoms with Gasteiger partial charge in [-0.3, -0.25) is 19.9 Å². The van der Waals surface area contributed by atoms with Gasteiger partial charge in [-0.1, -0.05) is 0 Å². The number of pyridine rings is 1. The molecule has 2 heterocycles. The van der Waals surface area contributed by atoms with Crippen molar-refractivity contribution >= 4 is 34.1 Å². The number of carbonyl (C=O) groups is 2. The van der Waals surface area contributed by atoms with Crippen molar-refractivity contribution in [3.63, 3.8) is 0 Å². The van der Waals surface area contributed by atoms with Gasteiger partial charge >= 0.3 is 0 Å². The van der Waals surface area contributed by atoms with Crippen LogP contribution in [-0.4, -0.2) is 28.9 Å². The molecule has 21 heavy (non-hydrogen) atoms. The van der Waals surface area contributed by atoms with Gasteiger partial charge in [-0.05, 0) is 38.1 Å². The summed E-state index contributed by atoms with van der Waals surface area (Å²) in [6.45, 7) is 3.66. The summed E-state index contributed by atoms with van der Waals surface area (Å²) < 4.78 is 0. The molecule has 1 saturated heterocycles. The molecule has 2 amide bonds. The molecule has 3 rings (SSSR count). The van der Waals surface area contributed by atoms with Gasteiger partial charge in [-0.2, -0.15) is 0 Å². The zero-order valence-corrected chi connectivity index (χ0v) is 11.9. The van der Waals surface area contributed by atoms with Gasteiger partial charge in [0.1, 0.15) is 5.54 Å². The molecular formula is C15H16N4O2. The van der Waals surface area contributed by atoms with E-state index in [0.717, 1.165) is 11.1 Å². The lowest BCUT2D eigenvalue weighted by Crippen LogP contribution is -2.64. The molecule has 2 aromatic rings. The minimum atomic E-state index is -0.839. The Kier molecular flexibility index (Phi) is 2.83. The largest absolute Gasteiger partial charge is 0.398 e. The van der Waals surface area contributed by atoms with Crippen molar-refractivity contribution in [2.75, 3.05) is 17.2 Å². The number of rotatable bonds is 1. The lowest BCUT2D eigenvalue weighted by atomic mass is 9.97. The molecule has 0 atom stereocenters. The summed E-state index contributed by atoms with van der Waals surface area (Å²) >= 11 is 0. The highest BCUT2D eigenvalue weighted by molar-refractivity contribution is 6.09. The zero-order valence-electron chi connectivity index (χ0n) is 11.9.